The molecule has 3 rings (SSSR count). The molecule has 0 spiro atoms. The van der Waals surface area contributed by atoms with Crippen LogP contribution in [-0.4, -0.2) is 22.2 Å². The molecule has 0 fully saturated rings. The fourth-order valence-corrected chi connectivity index (χ4v) is 2.79. The van der Waals surface area contributed by atoms with Crippen LogP contribution in [0.25, 0.3) is 5.69 Å². The average Bonchev–Trinajstić information content (AvgIpc) is 3.21. The Morgan fingerprint density at radius 1 is 1.16 bits per heavy atom. The van der Waals surface area contributed by atoms with Gasteiger partial charge in [0.15, 0.2) is 5.76 Å². The molecule has 0 saturated heterocycles. The van der Waals surface area contributed by atoms with Gasteiger partial charge in [0.25, 0.3) is 5.91 Å². The van der Waals surface area contributed by atoms with E-state index in [1.54, 1.807) is 6.07 Å². The molecule has 25 heavy (non-hydrogen) atoms. The van der Waals surface area contributed by atoms with E-state index in [0.29, 0.717) is 12.3 Å². The summed E-state index contributed by atoms with van der Waals surface area (Å²) in [6.07, 6.45) is 1.55. The number of hydrogen-bond donors (Lipinski definition) is 1. The zero-order valence-electron chi connectivity index (χ0n) is 14.9. The van der Waals surface area contributed by atoms with Crippen LogP contribution in [0.15, 0.2) is 46.9 Å². The summed E-state index contributed by atoms with van der Waals surface area (Å²) in [5.74, 6) is 1.03. The summed E-state index contributed by atoms with van der Waals surface area (Å²) in [6.45, 7) is 6.60. The Labute approximate surface area is 147 Å². The van der Waals surface area contributed by atoms with Crippen molar-refractivity contribution >= 4 is 5.91 Å². The lowest BCUT2D eigenvalue weighted by Gasteiger charge is -2.07. The van der Waals surface area contributed by atoms with Gasteiger partial charge in [0.2, 0.25) is 0 Å². The lowest BCUT2D eigenvalue weighted by molar-refractivity contribution is 0.0925. The molecule has 0 radical (unpaired) electrons. The number of furan rings is 1. The molecule has 5 heteroatoms. The fourth-order valence-electron chi connectivity index (χ4n) is 2.79. The van der Waals surface area contributed by atoms with Gasteiger partial charge in [-0.15, -0.1) is 0 Å². The predicted octanol–water partition coefficient (Wildman–Crippen LogP) is 3.62. The highest BCUT2D eigenvalue weighted by atomic mass is 16.3. The van der Waals surface area contributed by atoms with Gasteiger partial charge in [-0.1, -0.05) is 19.1 Å². The highest BCUT2D eigenvalue weighted by Crippen LogP contribution is 2.13. The molecule has 0 bridgehead atoms. The second-order valence-corrected chi connectivity index (χ2v) is 6.13. The maximum atomic E-state index is 12.0. The fraction of sp³-hybridized carbons (Fsp3) is 0.300. The molecule has 1 amide bonds. The number of aromatic nitrogens is 2. The molecule has 2 aromatic heterocycles. The quantitative estimate of drug-likeness (QED) is 0.747. The van der Waals surface area contributed by atoms with Crippen LogP contribution >= 0.6 is 0 Å². The van der Waals surface area contributed by atoms with E-state index >= 15 is 0 Å². The van der Waals surface area contributed by atoms with Gasteiger partial charge in [-0.05, 0) is 56.2 Å². The van der Waals surface area contributed by atoms with Crippen LogP contribution in [0.1, 0.15) is 40.2 Å². The van der Waals surface area contributed by atoms with Crippen molar-refractivity contribution in [3.05, 3.63) is 70.9 Å². The summed E-state index contributed by atoms with van der Waals surface area (Å²) >= 11 is 0. The van der Waals surface area contributed by atoms with Crippen molar-refractivity contribution in [2.45, 2.75) is 33.6 Å². The van der Waals surface area contributed by atoms with E-state index < -0.39 is 0 Å². The number of benzene rings is 1. The first-order chi connectivity index (χ1) is 12.1. The molecule has 5 nitrogen and oxygen atoms in total. The van der Waals surface area contributed by atoms with Gasteiger partial charge in [0.1, 0.15) is 5.76 Å². The SMILES string of the molecule is CCc1ccc(C(=O)NCCc2ccc(-n3nc(C)cc3C)cc2)o1. The van der Waals surface area contributed by atoms with Crippen LogP contribution in [0.4, 0.5) is 0 Å². The third kappa shape index (κ3) is 3.99. The van der Waals surface area contributed by atoms with E-state index in [1.807, 2.05) is 31.5 Å². The minimum Gasteiger partial charge on any atom is -0.456 e. The molecule has 130 valence electrons. The summed E-state index contributed by atoms with van der Waals surface area (Å²) in [7, 11) is 0. The van der Waals surface area contributed by atoms with E-state index in [4.69, 9.17) is 4.42 Å². The van der Waals surface area contributed by atoms with Crippen LogP contribution in [-0.2, 0) is 12.8 Å². The molecule has 0 saturated carbocycles. The number of hydrogen-bond acceptors (Lipinski definition) is 3. The lowest BCUT2D eigenvalue weighted by Crippen LogP contribution is -2.25. The Hall–Kier alpha value is -2.82. The molecule has 1 aromatic carbocycles. The highest BCUT2D eigenvalue weighted by molar-refractivity contribution is 5.91. The Bertz CT molecular complexity index is 859. The summed E-state index contributed by atoms with van der Waals surface area (Å²) in [6, 6.07) is 13.9. The van der Waals surface area contributed by atoms with Gasteiger partial charge >= 0.3 is 0 Å². The smallest absolute Gasteiger partial charge is 0.287 e. The monoisotopic (exact) mass is 337 g/mol. The molecule has 1 N–H and O–H groups in total. The normalized spacial score (nSPS) is 10.8. The number of nitrogens with one attached hydrogen (secondary N) is 1. The van der Waals surface area contributed by atoms with Gasteiger partial charge in [-0.3, -0.25) is 4.79 Å². The topological polar surface area (TPSA) is 60.1 Å². The Morgan fingerprint density at radius 3 is 2.52 bits per heavy atom. The molecular weight excluding hydrogens is 314 g/mol. The van der Waals surface area contributed by atoms with Crippen molar-refractivity contribution in [1.82, 2.24) is 15.1 Å². The van der Waals surface area contributed by atoms with Gasteiger partial charge in [0, 0.05) is 18.7 Å². The average molecular weight is 337 g/mol. The highest BCUT2D eigenvalue weighted by Gasteiger charge is 2.10. The number of aryl methyl sites for hydroxylation is 3. The molecule has 0 atom stereocenters. The maximum absolute atomic E-state index is 12.0. The Balaban J connectivity index is 1.55. The molecule has 3 aromatic rings. The number of amides is 1. The Kier molecular flexibility index (Phi) is 5.03. The molecule has 0 unspecified atom stereocenters. The maximum Gasteiger partial charge on any atom is 0.287 e. The zero-order valence-corrected chi connectivity index (χ0v) is 14.9. The van der Waals surface area contributed by atoms with E-state index in [9.17, 15) is 4.79 Å². The van der Waals surface area contributed by atoms with Crippen LogP contribution in [0.5, 0.6) is 0 Å². The first-order valence-corrected chi connectivity index (χ1v) is 8.56. The van der Waals surface area contributed by atoms with Gasteiger partial charge in [0.05, 0.1) is 11.4 Å². The number of rotatable bonds is 6. The van der Waals surface area contributed by atoms with Crippen molar-refractivity contribution in [3.8, 4) is 5.69 Å². The van der Waals surface area contributed by atoms with Crippen LogP contribution in [0.3, 0.4) is 0 Å². The molecular formula is C20H23N3O2. The van der Waals surface area contributed by atoms with Crippen molar-refractivity contribution < 1.29 is 9.21 Å². The van der Waals surface area contributed by atoms with Gasteiger partial charge in [-0.25, -0.2) is 4.68 Å². The van der Waals surface area contributed by atoms with Crippen LogP contribution in [0, 0.1) is 13.8 Å². The van der Waals surface area contributed by atoms with Crippen molar-refractivity contribution in [2.24, 2.45) is 0 Å². The van der Waals surface area contributed by atoms with Crippen molar-refractivity contribution in [3.63, 3.8) is 0 Å². The molecule has 2 heterocycles. The summed E-state index contributed by atoms with van der Waals surface area (Å²) < 4.78 is 7.39. The van der Waals surface area contributed by atoms with Crippen LogP contribution < -0.4 is 5.32 Å². The van der Waals surface area contributed by atoms with E-state index in [1.165, 1.54) is 5.56 Å². The standard InChI is InChI=1S/C20H23N3O2/c1-4-18-9-10-19(25-18)20(24)21-12-11-16-5-7-17(8-6-16)23-15(3)13-14(2)22-23/h5-10,13H,4,11-12H2,1-3H3,(H,21,24). The minimum atomic E-state index is -0.168. The van der Waals surface area contributed by atoms with Crippen molar-refractivity contribution in [1.29, 1.82) is 0 Å². The second-order valence-electron chi connectivity index (χ2n) is 6.13. The third-order valence-electron chi connectivity index (χ3n) is 4.12. The summed E-state index contributed by atoms with van der Waals surface area (Å²) in [5, 5.41) is 7.38. The number of carbonyl (C=O) groups is 1. The lowest BCUT2D eigenvalue weighted by atomic mass is 10.1. The Morgan fingerprint density at radius 2 is 1.92 bits per heavy atom. The largest absolute Gasteiger partial charge is 0.456 e. The summed E-state index contributed by atoms with van der Waals surface area (Å²) in [5.41, 5.74) is 4.33. The van der Waals surface area contributed by atoms with Crippen LogP contribution in [0.2, 0.25) is 0 Å². The number of carbonyl (C=O) groups excluding carboxylic acids is 1. The third-order valence-corrected chi connectivity index (χ3v) is 4.12. The summed E-state index contributed by atoms with van der Waals surface area (Å²) in [4.78, 5) is 12.0. The number of nitrogens with zero attached hydrogens (tertiary/aromatic N) is 2. The first-order valence-electron chi connectivity index (χ1n) is 8.56. The van der Waals surface area contributed by atoms with Crippen molar-refractivity contribution in [2.75, 3.05) is 6.54 Å². The van der Waals surface area contributed by atoms with Gasteiger partial charge < -0.3 is 9.73 Å². The zero-order chi connectivity index (χ0) is 17.8. The van der Waals surface area contributed by atoms with E-state index in [0.717, 1.165) is 35.7 Å². The minimum absolute atomic E-state index is 0.168. The van der Waals surface area contributed by atoms with E-state index in [-0.39, 0.29) is 5.91 Å². The molecule has 0 aliphatic heterocycles. The molecule has 0 aliphatic carbocycles. The van der Waals surface area contributed by atoms with Gasteiger partial charge in [-0.2, -0.15) is 5.10 Å². The predicted molar refractivity (Wildman–Crippen MR) is 97.2 cm³/mol. The molecule has 0 aliphatic rings. The first kappa shape index (κ1) is 17.0. The second kappa shape index (κ2) is 7.38. The van der Waals surface area contributed by atoms with E-state index in [2.05, 4.69) is 40.7 Å².